The lowest BCUT2D eigenvalue weighted by atomic mass is 10.3. The third-order valence-electron chi connectivity index (χ3n) is 0.778. The number of carbonyl (C=O) groups is 1. The molecule has 0 fully saturated rings. The van der Waals surface area contributed by atoms with Crippen LogP contribution in [0.25, 0.3) is 0 Å². The number of alkyl halides is 2. The average Bonchev–Trinajstić information content (AvgIpc) is 1.87. The standard InChI is InChI=1S/C7H12O2.CH2Cl2/c1-6(2)4-5-9-7(3)8;2-1-3/h4H,5H2,1-3H3;1H2. The van der Waals surface area contributed by atoms with Crippen LogP contribution in [-0.2, 0) is 9.53 Å². The van der Waals surface area contributed by atoms with Crippen LogP contribution in [0.3, 0.4) is 0 Å². The second-order valence-corrected chi connectivity index (χ2v) is 2.99. The number of halogens is 2. The van der Waals surface area contributed by atoms with E-state index in [4.69, 9.17) is 23.2 Å². The molecular weight excluding hydrogens is 199 g/mol. The number of ether oxygens (including phenoxy) is 1. The molecule has 0 atom stereocenters. The van der Waals surface area contributed by atoms with Crippen molar-refractivity contribution in [2.75, 3.05) is 11.9 Å². The van der Waals surface area contributed by atoms with Crippen LogP contribution in [0.4, 0.5) is 0 Å². The Morgan fingerprint density at radius 3 is 2.00 bits per heavy atom. The van der Waals surface area contributed by atoms with Crippen LogP contribution in [0, 0.1) is 0 Å². The zero-order valence-corrected chi connectivity index (χ0v) is 9.08. The van der Waals surface area contributed by atoms with Gasteiger partial charge >= 0.3 is 5.97 Å². The van der Waals surface area contributed by atoms with E-state index in [1.165, 1.54) is 6.92 Å². The molecule has 0 amide bonds. The van der Waals surface area contributed by atoms with Crippen molar-refractivity contribution in [3.05, 3.63) is 11.6 Å². The second-order valence-electron chi connectivity index (χ2n) is 2.19. The third-order valence-corrected chi connectivity index (χ3v) is 0.778. The molecule has 0 aromatic heterocycles. The first-order chi connectivity index (χ1) is 5.54. The lowest BCUT2D eigenvalue weighted by Gasteiger charge is -1.94. The predicted molar refractivity (Wildman–Crippen MR) is 52.6 cm³/mol. The molecule has 0 aliphatic rings. The number of carbonyl (C=O) groups excluding carboxylic acids is 1. The van der Waals surface area contributed by atoms with Gasteiger partial charge in [-0.15, -0.1) is 23.2 Å². The first-order valence-corrected chi connectivity index (χ1v) is 4.50. The minimum atomic E-state index is -0.229. The van der Waals surface area contributed by atoms with Gasteiger partial charge in [-0.05, 0) is 19.9 Å². The minimum absolute atomic E-state index is 0.194. The van der Waals surface area contributed by atoms with Crippen molar-refractivity contribution in [1.82, 2.24) is 0 Å². The SMILES string of the molecule is CC(=O)OCC=C(C)C.ClCCl. The number of allylic oxidation sites excluding steroid dienone is 1. The van der Waals surface area contributed by atoms with Gasteiger partial charge in [-0.2, -0.15) is 0 Å². The van der Waals surface area contributed by atoms with Gasteiger partial charge < -0.3 is 4.74 Å². The van der Waals surface area contributed by atoms with Crippen LogP contribution >= 0.6 is 23.2 Å². The molecule has 0 heterocycles. The van der Waals surface area contributed by atoms with Gasteiger partial charge in [0.2, 0.25) is 0 Å². The Labute approximate surface area is 83.5 Å². The summed E-state index contributed by atoms with van der Waals surface area (Å²) in [4.78, 5) is 10.2. The zero-order valence-electron chi connectivity index (χ0n) is 7.56. The smallest absolute Gasteiger partial charge is 0.302 e. The maximum Gasteiger partial charge on any atom is 0.302 e. The molecule has 0 unspecified atom stereocenters. The van der Waals surface area contributed by atoms with E-state index < -0.39 is 0 Å². The Kier molecular flexibility index (Phi) is 12.9. The highest BCUT2D eigenvalue weighted by molar-refractivity contribution is 6.40. The Bertz CT molecular complexity index is 140. The van der Waals surface area contributed by atoms with Crippen LogP contribution in [0.1, 0.15) is 20.8 Å². The molecule has 0 rings (SSSR count). The molecule has 0 radical (unpaired) electrons. The number of hydrogen-bond donors (Lipinski definition) is 0. The quantitative estimate of drug-likeness (QED) is 0.400. The summed E-state index contributed by atoms with van der Waals surface area (Å²) in [5.41, 5.74) is 1.16. The zero-order chi connectivity index (χ0) is 9.98. The van der Waals surface area contributed by atoms with Gasteiger partial charge in [-0.1, -0.05) is 5.57 Å². The predicted octanol–water partition coefficient (Wildman–Crippen LogP) is 2.94. The fraction of sp³-hybridized carbons (Fsp3) is 0.625. The van der Waals surface area contributed by atoms with E-state index in [1.54, 1.807) is 0 Å². The molecule has 0 aliphatic carbocycles. The minimum Gasteiger partial charge on any atom is -0.462 e. The first-order valence-electron chi connectivity index (χ1n) is 3.43. The molecule has 4 heteroatoms. The molecule has 0 saturated carbocycles. The summed E-state index contributed by atoms with van der Waals surface area (Å²) in [6.07, 6.45) is 1.86. The maximum absolute atomic E-state index is 10.2. The maximum atomic E-state index is 10.2. The second kappa shape index (κ2) is 10.8. The molecular formula is C8H14Cl2O2. The summed E-state index contributed by atoms with van der Waals surface area (Å²) >= 11 is 9.53. The monoisotopic (exact) mass is 212 g/mol. The topological polar surface area (TPSA) is 26.3 Å². The van der Waals surface area contributed by atoms with E-state index in [2.05, 4.69) is 4.74 Å². The Morgan fingerprint density at radius 2 is 1.75 bits per heavy atom. The van der Waals surface area contributed by atoms with Crippen LogP contribution in [0.5, 0.6) is 0 Å². The summed E-state index contributed by atoms with van der Waals surface area (Å²) in [5, 5.41) is 0.194. The lowest BCUT2D eigenvalue weighted by molar-refractivity contribution is -0.139. The van der Waals surface area contributed by atoms with Crippen molar-refractivity contribution in [3.8, 4) is 0 Å². The van der Waals surface area contributed by atoms with Crippen molar-refractivity contribution in [2.24, 2.45) is 0 Å². The molecule has 0 aromatic rings. The average molecular weight is 213 g/mol. The van der Waals surface area contributed by atoms with E-state index in [1.807, 2.05) is 19.9 Å². The fourth-order valence-electron chi connectivity index (χ4n) is 0.326. The van der Waals surface area contributed by atoms with Gasteiger partial charge in [0.15, 0.2) is 0 Å². The molecule has 0 bridgehead atoms. The van der Waals surface area contributed by atoms with E-state index in [0.29, 0.717) is 6.61 Å². The van der Waals surface area contributed by atoms with Crippen molar-refractivity contribution in [1.29, 1.82) is 0 Å². The Balaban J connectivity index is 0. The molecule has 12 heavy (non-hydrogen) atoms. The fourth-order valence-corrected chi connectivity index (χ4v) is 0.326. The van der Waals surface area contributed by atoms with Gasteiger partial charge in [0.25, 0.3) is 0 Å². The summed E-state index contributed by atoms with van der Waals surface area (Å²) in [6, 6.07) is 0. The van der Waals surface area contributed by atoms with E-state index >= 15 is 0 Å². The van der Waals surface area contributed by atoms with E-state index in [-0.39, 0.29) is 11.3 Å². The van der Waals surface area contributed by atoms with Crippen molar-refractivity contribution >= 4 is 29.2 Å². The lowest BCUT2D eigenvalue weighted by Crippen LogP contribution is -1.97. The normalized spacial score (nSPS) is 7.75. The number of esters is 1. The summed E-state index contributed by atoms with van der Waals surface area (Å²) < 4.78 is 4.64. The first kappa shape index (κ1) is 14.3. The summed E-state index contributed by atoms with van der Waals surface area (Å²) in [5.74, 6) is -0.229. The molecule has 72 valence electrons. The molecule has 0 spiro atoms. The van der Waals surface area contributed by atoms with Crippen LogP contribution in [0.15, 0.2) is 11.6 Å². The molecule has 0 saturated heterocycles. The van der Waals surface area contributed by atoms with Gasteiger partial charge in [0, 0.05) is 6.92 Å². The van der Waals surface area contributed by atoms with Crippen LogP contribution < -0.4 is 0 Å². The van der Waals surface area contributed by atoms with Crippen LogP contribution in [0.2, 0.25) is 0 Å². The van der Waals surface area contributed by atoms with E-state index in [9.17, 15) is 4.79 Å². The molecule has 0 N–H and O–H groups in total. The summed E-state index contributed by atoms with van der Waals surface area (Å²) in [7, 11) is 0. The largest absolute Gasteiger partial charge is 0.462 e. The van der Waals surface area contributed by atoms with Gasteiger partial charge in [-0.25, -0.2) is 0 Å². The molecule has 0 aliphatic heterocycles. The Hall–Kier alpha value is -0.210. The highest BCUT2D eigenvalue weighted by Gasteiger charge is 1.86. The van der Waals surface area contributed by atoms with Gasteiger partial charge in [0.1, 0.15) is 6.61 Å². The summed E-state index contributed by atoms with van der Waals surface area (Å²) in [6.45, 7) is 5.73. The number of hydrogen-bond acceptors (Lipinski definition) is 2. The van der Waals surface area contributed by atoms with Crippen LogP contribution in [-0.4, -0.2) is 17.9 Å². The van der Waals surface area contributed by atoms with Crippen molar-refractivity contribution < 1.29 is 9.53 Å². The molecule has 2 nitrogen and oxygen atoms in total. The van der Waals surface area contributed by atoms with Crippen molar-refractivity contribution in [2.45, 2.75) is 20.8 Å². The Morgan fingerprint density at radius 1 is 1.33 bits per heavy atom. The highest BCUT2D eigenvalue weighted by Crippen LogP contribution is 1.87. The van der Waals surface area contributed by atoms with Gasteiger partial charge in [0.05, 0.1) is 5.34 Å². The highest BCUT2D eigenvalue weighted by atomic mass is 35.5. The number of rotatable bonds is 2. The molecule has 0 aromatic carbocycles. The van der Waals surface area contributed by atoms with Gasteiger partial charge in [-0.3, -0.25) is 4.79 Å². The van der Waals surface area contributed by atoms with E-state index in [0.717, 1.165) is 5.57 Å². The third kappa shape index (κ3) is 22.6. The van der Waals surface area contributed by atoms with Crippen molar-refractivity contribution in [3.63, 3.8) is 0 Å².